The monoisotopic (exact) mass is 202 g/mol. The van der Waals surface area contributed by atoms with Crippen LogP contribution >= 0.6 is 0 Å². The van der Waals surface area contributed by atoms with Crippen molar-refractivity contribution < 1.29 is 14.6 Å². The van der Waals surface area contributed by atoms with Gasteiger partial charge in [-0.2, -0.15) is 0 Å². The molecule has 1 rings (SSSR count). The molecule has 0 spiro atoms. The largest absolute Gasteiger partial charge is 0.386 e. The Balaban J connectivity index is 2.20. The van der Waals surface area contributed by atoms with Crippen LogP contribution in [-0.2, 0) is 9.53 Å². The Morgan fingerprint density at radius 3 is 3.00 bits per heavy atom. The van der Waals surface area contributed by atoms with Crippen LogP contribution in [-0.4, -0.2) is 42.4 Å². The van der Waals surface area contributed by atoms with E-state index in [2.05, 4.69) is 5.32 Å². The third-order valence-corrected chi connectivity index (χ3v) is 2.64. The highest BCUT2D eigenvalue weighted by Crippen LogP contribution is 2.24. The van der Waals surface area contributed by atoms with Crippen molar-refractivity contribution in [1.82, 2.24) is 5.32 Å². The summed E-state index contributed by atoms with van der Waals surface area (Å²) in [7, 11) is 0. The van der Waals surface area contributed by atoms with Crippen LogP contribution in [0.5, 0.6) is 0 Å². The molecule has 1 amide bonds. The summed E-state index contributed by atoms with van der Waals surface area (Å²) in [5.41, 5.74) is 4.19. The zero-order valence-corrected chi connectivity index (χ0v) is 8.45. The van der Waals surface area contributed by atoms with E-state index >= 15 is 0 Å². The second-order valence-corrected chi connectivity index (χ2v) is 3.76. The van der Waals surface area contributed by atoms with E-state index in [1.807, 2.05) is 6.92 Å². The summed E-state index contributed by atoms with van der Waals surface area (Å²) in [6.45, 7) is 3.39. The second kappa shape index (κ2) is 4.72. The standard InChI is InChI=1S/C9H18N2O3/c1-7-9(13,3-5-14-7)6-11-4-2-8(10)12/h7,11,13H,2-6H2,1H3,(H2,10,12). The lowest BCUT2D eigenvalue weighted by Crippen LogP contribution is -2.46. The smallest absolute Gasteiger partial charge is 0.218 e. The first-order chi connectivity index (χ1) is 6.54. The molecule has 0 bridgehead atoms. The van der Waals surface area contributed by atoms with Gasteiger partial charge in [-0.3, -0.25) is 4.79 Å². The van der Waals surface area contributed by atoms with Crippen LogP contribution in [0.1, 0.15) is 19.8 Å². The van der Waals surface area contributed by atoms with E-state index in [0.29, 0.717) is 32.5 Å². The summed E-state index contributed by atoms with van der Waals surface area (Å²) in [6, 6.07) is 0. The fraction of sp³-hybridized carbons (Fsp3) is 0.889. The molecule has 1 aliphatic rings. The quantitative estimate of drug-likeness (QED) is 0.499. The molecule has 0 aromatic rings. The van der Waals surface area contributed by atoms with Crippen molar-refractivity contribution in [3.8, 4) is 0 Å². The SMILES string of the molecule is CC1OCCC1(O)CNCCC(N)=O. The van der Waals surface area contributed by atoms with Crippen LogP contribution in [0.25, 0.3) is 0 Å². The Bertz CT molecular complexity index is 210. The molecule has 82 valence electrons. The average Bonchev–Trinajstić information content (AvgIpc) is 2.42. The Morgan fingerprint density at radius 1 is 1.79 bits per heavy atom. The molecule has 14 heavy (non-hydrogen) atoms. The van der Waals surface area contributed by atoms with Gasteiger partial charge in [0.2, 0.25) is 5.91 Å². The average molecular weight is 202 g/mol. The second-order valence-electron chi connectivity index (χ2n) is 3.76. The van der Waals surface area contributed by atoms with E-state index in [9.17, 15) is 9.90 Å². The van der Waals surface area contributed by atoms with Crippen molar-refractivity contribution in [2.45, 2.75) is 31.5 Å². The van der Waals surface area contributed by atoms with Crippen LogP contribution in [0.15, 0.2) is 0 Å². The molecule has 0 saturated carbocycles. The normalized spacial score (nSPS) is 32.0. The zero-order chi connectivity index (χ0) is 10.6. The molecule has 0 aliphatic carbocycles. The minimum absolute atomic E-state index is 0.149. The van der Waals surface area contributed by atoms with Crippen molar-refractivity contribution in [3.63, 3.8) is 0 Å². The van der Waals surface area contributed by atoms with Gasteiger partial charge in [-0.05, 0) is 6.92 Å². The highest BCUT2D eigenvalue weighted by molar-refractivity contribution is 5.73. The van der Waals surface area contributed by atoms with Crippen LogP contribution in [0.2, 0.25) is 0 Å². The topological polar surface area (TPSA) is 84.6 Å². The molecule has 5 heteroatoms. The summed E-state index contributed by atoms with van der Waals surface area (Å²) in [5, 5.41) is 13.0. The number of aliphatic hydroxyl groups is 1. The summed E-state index contributed by atoms with van der Waals surface area (Å²) in [5.74, 6) is -0.333. The first kappa shape index (κ1) is 11.4. The van der Waals surface area contributed by atoms with Crippen molar-refractivity contribution in [1.29, 1.82) is 0 Å². The number of carbonyl (C=O) groups excluding carboxylic acids is 1. The molecule has 1 fully saturated rings. The predicted molar refractivity (Wildman–Crippen MR) is 51.7 cm³/mol. The van der Waals surface area contributed by atoms with E-state index in [0.717, 1.165) is 0 Å². The Kier molecular flexibility index (Phi) is 3.86. The number of ether oxygens (including phenoxy) is 1. The molecule has 2 unspecified atom stereocenters. The predicted octanol–water partition coefficient (Wildman–Crippen LogP) is -1.01. The Labute approximate surface area is 83.6 Å². The first-order valence-electron chi connectivity index (χ1n) is 4.87. The van der Waals surface area contributed by atoms with E-state index in [1.165, 1.54) is 0 Å². The first-order valence-corrected chi connectivity index (χ1v) is 4.87. The number of hydrogen-bond acceptors (Lipinski definition) is 4. The fourth-order valence-corrected chi connectivity index (χ4v) is 1.52. The minimum atomic E-state index is -0.794. The third kappa shape index (κ3) is 2.94. The molecule has 4 N–H and O–H groups in total. The van der Waals surface area contributed by atoms with Crippen LogP contribution in [0, 0.1) is 0 Å². The van der Waals surface area contributed by atoms with Gasteiger partial charge in [0.25, 0.3) is 0 Å². The van der Waals surface area contributed by atoms with Gasteiger partial charge in [0.05, 0.1) is 6.10 Å². The van der Waals surface area contributed by atoms with Crippen LogP contribution < -0.4 is 11.1 Å². The number of nitrogens with one attached hydrogen (secondary N) is 1. The van der Waals surface area contributed by atoms with E-state index < -0.39 is 5.60 Å². The van der Waals surface area contributed by atoms with Gasteiger partial charge in [0.1, 0.15) is 5.60 Å². The number of amides is 1. The molecule has 2 atom stereocenters. The molecule has 0 aromatic heterocycles. The van der Waals surface area contributed by atoms with Gasteiger partial charge in [0.15, 0.2) is 0 Å². The lowest BCUT2D eigenvalue weighted by Gasteiger charge is -2.26. The maximum Gasteiger partial charge on any atom is 0.218 e. The number of nitrogens with two attached hydrogens (primary N) is 1. The maximum absolute atomic E-state index is 10.4. The highest BCUT2D eigenvalue weighted by Gasteiger charge is 2.38. The van der Waals surface area contributed by atoms with Crippen molar-refractivity contribution >= 4 is 5.91 Å². The lowest BCUT2D eigenvalue weighted by molar-refractivity contribution is -0.118. The number of rotatable bonds is 5. The van der Waals surface area contributed by atoms with Crippen LogP contribution in [0.4, 0.5) is 0 Å². The molecule has 1 saturated heterocycles. The number of carbonyl (C=O) groups is 1. The summed E-state index contributed by atoms with van der Waals surface area (Å²) in [4.78, 5) is 10.4. The molecule has 5 nitrogen and oxygen atoms in total. The molecule has 0 aromatic carbocycles. The van der Waals surface area contributed by atoms with Gasteiger partial charge >= 0.3 is 0 Å². The summed E-state index contributed by atoms with van der Waals surface area (Å²) >= 11 is 0. The lowest BCUT2D eigenvalue weighted by atomic mass is 9.97. The van der Waals surface area contributed by atoms with E-state index in [4.69, 9.17) is 10.5 Å². The molecular weight excluding hydrogens is 184 g/mol. The van der Waals surface area contributed by atoms with Crippen molar-refractivity contribution in [2.24, 2.45) is 5.73 Å². The molecule has 1 aliphatic heterocycles. The van der Waals surface area contributed by atoms with E-state index in [1.54, 1.807) is 0 Å². The Morgan fingerprint density at radius 2 is 2.50 bits per heavy atom. The third-order valence-electron chi connectivity index (χ3n) is 2.64. The van der Waals surface area contributed by atoms with Crippen molar-refractivity contribution in [2.75, 3.05) is 19.7 Å². The Hall–Kier alpha value is -0.650. The fourth-order valence-electron chi connectivity index (χ4n) is 1.52. The summed E-state index contributed by atoms with van der Waals surface area (Å²) in [6.07, 6.45) is 0.784. The molecule has 1 heterocycles. The van der Waals surface area contributed by atoms with Gasteiger partial charge in [-0.1, -0.05) is 0 Å². The molecular formula is C9H18N2O3. The van der Waals surface area contributed by atoms with E-state index in [-0.39, 0.29) is 12.0 Å². The highest BCUT2D eigenvalue weighted by atomic mass is 16.5. The number of primary amides is 1. The number of hydrogen-bond donors (Lipinski definition) is 3. The molecule has 0 radical (unpaired) electrons. The minimum Gasteiger partial charge on any atom is -0.386 e. The van der Waals surface area contributed by atoms with Gasteiger partial charge < -0.3 is 20.9 Å². The zero-order valence-electron chi connectivity index (χ0n) is 8.45. The van der Waals surface area contributed by atoms with Crippen LogP contribution in [0.3, 0.4) is 0 Å². The maximum atomic E-state index is 10.4. The van der Waals surface area contributed by atoms with Gasteiger partial charge in [-0.15, -0.1) is 0 Å². The summed E-state index contributed by atoms with van der Waals surface area (Å²) < 4.78 is 5.26. The van der Waals surface area contributed by atoms with Crippen molar-refractivity contribution in [3.05, 3.63) is 0 Å². The van der Waals surface area contributed by atoms with Gasteiger partial charge in [-0.25, -0.2) is 0 Å². The van der Waals surface area contributed by atoms with Gasteiger partial charge in [0, 0.05) is 32.5 Å².